The summed E-state index contributed by atoms with van der Waals surface area (Å²) < 4.78 is 7.03. The fourth-order valence-corrected chi connectivity index (χ4v) is 4.93. The maximum absolute atomic E-state index is 10.4. The Morgan fingerprint density at radius 3 is 2.61 bits per heavy atom. The fourth-order valence-electron chi connectivity index (χ4n) is 3.79. The summed E-state index contributed by atoms with van der Waals surface area (Å²) >= 11 is 1.83. The van der Waals surface area contributed by atoms with E-state index in [2.05, 4.69) is 48.2 Å². The Morgan fingerprint density at radius 2 is 1.89 bits per heavy atom. The minimum atomic E-state index is -0.468. The van der Waals surface area contributed by atoms with Crippen LogP contribution >= 0.6 is 11.3 Å². The summed E-state index contributed by atoms with van der Waals surface area (Å²) in [5, 5.41) is 11.6. The Labute approximate surface area is 170 Å². The zero-order valence-corrected chi connectivity index (χ0v) is 17.2. The van der Waals surface area contributed by atoms with Crippen molar-refractivity contribution in [3.8, 4) is 5.75 Å². The minimum absolute atomic E-state index is 0.337. The number of para-hydroxylation sites is 1. The SMILES string of the molecule is CCc1ccc(OC[C@H](O)CN2CCC(c3nc4ccccc4s3)CC2)cc1. The second kappa shape index (κ2) is 9.03. The number of aryl methyl sites for hydroxylation is 1. The van der Waals surface area contributed by atoms with Crippen LogP contribution in [0.3, 0.4) is 0 Å². The molecule has 0 unspecified atom stereocenters. The molecule has 2 aromatic carbocycles. The molecule has 1 aliphatic rings. The molecule has 1 N–H and O–H groups in total. The minimum Gasteiger partial charge on any atom is -0.491 e. The average molecular weight is 397 g/mol. The summed E-state index contributed by atoms with van der Waals surface area (Å²) in [5.74, 6) is 1.37. The Hall–Kier alpha value is -1.95. The van der Waals surface area contributed by atoms with Crippen LogP contribution in [0.1, 0.15) is 36.3 Å². The molecule has 1 saturated heterocycles. The number of hydrogen-bond acceptors (Lipinski definition) is 5. The van der Waals surface area contributed by atoms with Crippen molar-refractivity contribution in [1.82, 2.24) is 9.88 Å². The molecule has 0 radical (unpaired) electrons. The van der Waals surface area contributed by atoms with Gasteiger partial charge in [0.1, 0.15) is 18.5 Å². The third kappa shape index (κ3) is 4.72. The van der Waals surface area contributed by atoms with Crippen molar-refractivity contribution in [2.75, 3.05) is 26.2 Å². The zero-order valence-electron chi connectivity index (χ0n) is 16.4. The molecule has 1 atom stereocenters. The van der Waals surface area contributed by atoms with Gasteiger partial charge in [-0.3, -0.25) is 0 Å². The second-order valence-electron chi connectivity index (χ2n) is 7.56. The number of aromatic nitrogens is 1. The predicted octanol–water partition coefficient (Wildman–Crippen LogP) is 4.48. The Morgan fingerprint density at radius 1 is 1.14 bits per heavy atom. The molecule has 4 nitrogen and oxygen atoms in total. The lowest BCUT2D eigenvalue weighted by Gasteiger charge is -2.32. The third-order valence-corrected chi connectivity index (χ3v) is 6.69. The summed E-state index contributed by atoms with van der Waals surface area (Å²) in [6, 6.07) is 16.5. The van der Waals surface area contributed by atoms with Gasteiger partial charge in [-0.15, -0.1) is 11.3 Å². The van der Waals surface area contributed by atoms with Crippen molar-refractivity contribution < 1.29 is 9.84 Å². The fraction of sp³-hybridized carbons (Fsp3) is 0.435. The molecule has 1 aliphatic heterocycles. The molecule has 28 heavy (non-hydrogen) atoms. The van der Waals surface area contributed by atoms with Gasteiger partial charge in [-0.2, -0.15) is 0 Å². The number of hydrogen-bond donors (Lipinski definition) is 1. The molecule has 0 spiro atoms. The van der Waals surface area contributed by atoms with Crippen LogP contribution in [0.5, 0.6) is 5.75 Å². The summed E-state index contributed by atoms with van der Waals surface area (Å²) in [6.07, 6.45) is 2.76. The highest BCUT2D eigenvalue weighted by Crippen LogP contribution is 2.33. The van der Waals surface area contributed by atoms with E-state index in [1.807, 2.05) is 23.5 Å². The molecule has 0 saturated carbocycles. The van der Waals surface area contributed by atoms with Crippen LogP contribution in [0, 0.1) is 0 Å². The third-order valence-electron chi connectivity index (χ3n) is 5.49. The maximum atomic E-state index is 10.4. The van der Waals surface area contributed by atoms with Gasteiger partial charge in [0.05, 0.1) is 15.2 Å². The zero-order chi connectivity index (χ0) is 19.3. The van der Waals surface area contributed by atoms with Crippen molar-refractivity contribution in [2.45, 2.75) is 38.2 Å². The highest BCUT2D eigenvalue weighted by Gasteiger charge is 2.24. The van der Waals surface area contributed by atoms with Gasteiger partial charge in [-0.1, -0.05) is 31.2 Å². The smallest absolute Gasteiger partial charge is 0.119 e. The molecular weight excluding hydrogens is 368 g/mol. The van der Waals surface area contributed by atoms with Gasteiger partial charge in [0.15, 0.2) is 0 Å². The molecule has 0 amide bonds. The summed E-state index contributed by atoms with van der Waals surface area (Å²) in [5.41, 5.74) is 2.41. The lowest BCUT2D eigenvalue weighted by Crippen LogP contribution is -2.40. The number of fused-ring (bicyclic) bond motifs is 1. The first-order valence-corrected chi connectivity index (χ1v) is 11.0. The quantitative estimate of drug-likeness (QED) is 0.640. The van der Waals surface area contributed by atoms with Crippen LogP contribution in [0.2, 0.25) is 0 Å². The molecule has 0 bridgehead atoms. The molecule has 3 aromatic rings. The maximum Gasteiger partial charge on any atom is 0.119 e. The number of ether oxygens (including phenoxy) is 1. The topological polar surface area (TPSA) is 45.6 Å². The van der Waals surface area contributed by atoms with Gasteiger partial charge in [0, 0.05) is 12.5 Å². The lowest BCUT2D eigenvalue weighted by molar-refractivity contribution is 0.0594. The van der Waals surface area contributed by atoms with Gasteiger partial charge >= 0.3 is 0 Å². The standard InChI is InChI=1S/C23H28N2O2S/c1-2-17-7-9-20(10-8-17)27-16-19(26)15-25-13-11-18(12-14-25)23-24-21-5-3-4-6-22(21)28-23/h3-10,18-19,26H,2,11-16H2,1H3/t19-/m1/s1. The van der Waals surface area contributed by atoms with Crippen LogP contribution < -0.4 is 4.74 Å². The number of piperidine rings is 1. The first-order chi connectivity index (χ1) is 13.7. The molecule has 2 heterocycles. The van der Waals surface area contributed by atoms with Crippen molar-refractivity contribution >= 4 is 21.6 Å². The molecule has 148 valence electrons. The number of thiazole rings is 1. The van der Waals surface area contributed by atoms with Crippen LogP contribution in [0.4, 0.5) is 0 Å². The van der Waals surface area contributed by atoms with E-state index in [0.29, 0.717) is 19.1 Å². The van der Waals surface area contributed by atoms with Crippen molar-refractivity contribution in [3.05, 3.63) is 59.1 Å². The highest BCUT2D eigenvalue weighted by molar-refractivity contribution is 7.18. The van der Waals surface area contributed by atoms with E-state index < -0.39 is 6.10 Å². The van der Waals surface area contributed by atoms with Crippen molar-refractivity contribution in [2.24, 2.45) is 0 Å². The van der Waals surface area contributed by atoms with Crippen molar-refractivity contribution in [1.29, 1.82) is 0 Å². The van der Waals surface area contributed by atoms with Gasteiger partial charge in [0.2, 0.25) is 0 Å². The number of benzene rings is 2. The van der Waals surface area contributed by atoms with Crippen LogP contribution in [0.25, 0.3) is 10.2 Å². The molecule has 1 fully saturated rings. The number of likely N-dealkylation sites (tertiary alicyclic amines) is 1. The molecule has 5 heteroatoms. The first kappa shape index (κ1) is 19.4. The van der Waals surface area contributed by atoms with E-state index in [4.69, 9.17) is 9.72 Å². The van der Waals surface area contributed by atoms with Gasteiger partial charge in [-0.05, 0) is 62.2 Å². The monoisotopic (exact) mass is 396 g/mol. The molecule has 1 aromatic heterocycles. The molecular formula is C23H28N2O2S. The van der Waals surface area contributed by atoms with Gasteiger partial charge in [0.25, 0.3) is 0 Å². The number of nitrogens with zero attached hydrogens (tertiary/aromatic N) is 2. The largest absolute Gasteiger partial charge is 0.491 e. The summed E-state index contributed by atoms with van der Waals surface area (Å²) in [7, 11) is 0. The Kier molecular flexibility index (Phi) is 6.25. The summed E-state index contributed by atoms with van der Waals surface area (Å²) in [4.78, 5) is 7.17. The van der Waals surface area contributed by atoms with E-state index in [1.54, 1.807) is 0 Å². The molecule has 4 rings (SSSR count). The lowest BCUT2D eigenvalue weighted by atomic mass is 9.97. The van der Waals surface area contributed by atoms with Crippen LogP contribution in [-0.4, -0.2) is 47.3 Å². The predicted molar refractivity (Wildman–Crippen MR) is 115 cm³/mol. The van der Waals surface area contributed by atoms with Gasteiger partial charge < -0.3 is 14.7 Å². The number of aliphatic hydroxyl groups excluding tert-OH is 1. The Balaban J connectivity index is 1.23. The second-order valence-corrected chi connectivity index (χ2v) is 8.62. The summed E-state index contributed by atoms with van der Waals surface area (Å²) in [6.45, 7) is 5.15. The van der Waals surface area contributed by atoms with E-state index >= 15 is 0 Å². The molecule has 0 aliphatic carbocycles. The average Bonchev–Trinajstić information content (AvgIpc) is 3.17. The van der Waals surface area contributed by atoms with E-state index in [1.165, 1.54) is 15.3 Å². The normalized spacial score (nSPS) is 17.1. The van der Waals surface area contributed by atoms with Gasteiger partial charge in [-0.25, -0.2) is 4.98 Å². The number of β-amino-alcohol motifs (C(OH)–C–C–N with tert-alkyl or cyclic N) is 1. The van der Waals surface area contributed by atoms with Crippen LogP contribution in [0.15, 0.2) is 48.5 Å². The number of aliphatic hydroxyl groups is 1. The van der Waals surface area contributed by atoms with Crippen molar-refractivity contribution in [3.63, 3.8) is 0 Å². The van der Waals surface area contributed by atoms with E-state index in [-0.39, 0.29) is 0 Å². The first-order valence-electron chi connectivity index (χ1n) is 10.2. The highest BCUT2D eigenvalue weighted by atomic mass is 32.1. The Bertz CT molecular complexity index is 852. The van der Waals surface area contributed by atoms with E-state index in [9.17, 15) is 5.11 Å². The van der Waals surface area contributed by atoms with Crippen LogP contribution in [-0.2, 0) is 6.42 Å². The van der Waals surface area contributed by atoms with E-state index in [0.717, 1.165) is 43.6 Å². The number of rotatable bonds is 7.